The number of hydrogen-bond acceptors (Lipinski definition) is 2. The zero-order chi connectivity index (χ0) is 14.4. The lowest BCUT2D eigenvalue weighted by atomic mass is 10.2. The molecule has 0 bridgehead atoms. The number of anilines is 1. The second-order valence-corrected chi connectivity index (χ2v) is 5.08. The van der Waals surface area contributed by atoms with Crippen LogP contribution in [0.5, 0.6) is 5.75 Å². The SMILES string of the molecule is CCOc1ccc(NCc2cccc(Cl)c2)cc1CCl. The van der Waals surface area contributed by atoms with E-state index in [-0.39, 0.29) is 0 Å². The van der Waals surface area contributed by atoms with Gasteiger partial charge in [-0.15, -0.1) is 11.6 Å². The first kappa shape index (κ1) is 15.0. The summed E-state index contributed by atoms with van der Waals surface area (Å²) in [5, 5.41) is 4.11. The fraction of sp³-hybridized carbons (Fsp3) is 0.250. The third-order valence-electron chi connectivity index (χ3n) is 2.89. The molecule has 0 heterocycles. The van der Waals surface area contributed by atoms with Crippen molar-refractivity contribution in [3.63, 3.8) is 0 Å². The van der Waals surface area contributed by atoms with Crippen molar-refractivity contribution in [2.24, 2.45) is 0 Å². The highest BCUT2D eigenvalue weighted by molar-refractivity contribution is 6.30. The molecule has 20 heavy (non-hydrogen) atoms. The van der Waals surface area contributed by atoms with Crippen LogP contribution in [0.3, 0.4) is 0 Å². The van der Waals surface area contributed by atoms with Crippen molar-refractivity contribution in [2.45, 2.75) is 19.3 Å². The molecule has 0 saturated heterocycles. The average molecular weight is 310 g/mol. The van der Waals surface area contributed by atoms with Crippen molar-refractivity contribution in [3.05, 3.63) is 58.6 Å². The predicted octanol–water partition coefficient (Wildman–Crippen LogP) is 5.09. The lowest BCUT2D eigenvalue weighted by Gasteiger charge is -2.12. The minimum Gasteiger partial charge on any atom is -0.494 e. The second-order valence-electron chi connectivity index (χ2n) is 4.37. The maximum Gasteiger partial charge on any atom is 0.123 e. The summed E-state index contributed by atoms with van der Waals surface area (Å²) in [6, 6.07) is 13.8. The van der Waals surface area contributed by atoms with Gasteiger partial charge in [-0.05, 0) is 42.8 Å². The molecule has 106 valence electrons. The van der Waals surface area contributed by atoms with Crippen molar-refractivity contribution < 1.29 is 4.74 Å². The molecule has 0 atom stereocenters. The van der Waals surface area contributed by atoms with Crippen LogP contribution in [-0.2, 0) is 12.4 Å². The lowest BCUT2D eigenvalue weighted by Crippen LogP contribution is -2.01. The van der Waals surface area contributed by atoms with E-state index in [0.29, 0.717) is 12.5 Å². The van der Waals surface area contributed by atoms with E-state index < -0.39 is 0 Å². The van der Waals surface area contributed by atoms with Gasteiger partial charge in [-0.3, -0.25) is 0 Å². The van der Waals surface area contributed by atoms with E-state index in [9.17, 15) is 0 Å². The van der Waals surface area contributed by atoms with Crippen LogP contribution in [0.25, 0.3) is 0 Å². The molecule has 0 amide bonds. The molecule has 2 aromatic rings. The number of ether oxygens (including phenoxy) is 1. The maximum atomic E-state index is 5.97. The molecule has 0 unspecified atom stereocenters. The van der Waals surface area contributed by atoms with Gasteiger partial charge in [-0.2, -0.15) is 0 Å². The van der Waals surface area contributed by atoms with Crippen LogP contribution >= 0.6 is 23.2 Å². The monoisotopic (exact) mass is 309 g/mol. The number of hydrogen-bond donors (Lipinski definition) is 1. The molecule has 0 aliphatic rings. The summed E-state index contributed by atoms with van der Waals surface area (Å²) in [7, 11) is 0. The summed E-state index contributed by atoms with van der Waals surface area (Å²) in [6.45, 7) is 3.32. The van der Waals surface area contributed by atoms with Crippen LogP contribution in [0.4, 0.5) is 5.69 Å². The van der Waals surface area contributed by atoms with E-state index in [1.807, 2.05) is 49.4 Å². The van der Waals surface area contributed by atoms with E-state index >= 15 is 0 Å². The van der Waals surface area contributed by atoms with Crippen LogP contribution < -0.4 is 10.1 Å². The number of rotatable bonds is 6. The van der Waals surface area contributed by atoms with Gasteiger partial charge in [0.2, 0.25) is 0 Å². The van der Waals surface area contributed by atoms with E-state index in [1.54, 1.807) is 0 Å². The molecular formula is C16H17Cl2NO. The van der Waals surface area contributed by atoms with Crippen molar-refractivity contribution >= 4 is 28.9 Å². The minimum atomic E-state index is 0.433. The molecule has 1 N–H and O–H groups in total. The fourth-order valence-electron chi connectivity index (χ4n) is 1.94. The largest absolute Gasteiger partial charge is 0.494 e. The van der Waals surface area contributed by atoms with Crippen LogP contribution in [-0.4, -0.2) is 6.61 Å². The van der Waals surface area contributed by atoms with Gasteiger partial charge < -0.3 is 10.1 Å². The zero-order valence-electron chi connectivity index (χ0n) is 11.3. The Morgan fingerprint density at radius 1 is 1.15 bits per heavy atom. The smallest absolute Gasteiger partial charge is 0.123 e. The van der Waals surface area contributed by atoms with Crippen molar-refractivity contribution in [2.75, 3.05) is 11.9 Å². The number of alkyl halides is 1. The Morgan fingerprint density at radius 2 is 2.00 bits per heavy atom. The normalized spacial score (nSPS) is 10.3. The highest BCUT2D eigenvalue weighted by Gasteiger charge is 2.04. The summed E-state index contributed by atoms with van der Waals surface area (Å²) in [5.74, 6) is 1.28. The number of halogens is 2. The molecule has 0 saturated carbocycles. The Bertz CT molecular complexity index is 572. The Balaban J connectivity index is 2.06. The zero-order valence-corrected chi connectivity index (χ0v) is 12.8. The summed E-state index contributed by atoms with van der Waals surface area (Å²) in [4.78, 5) is 0. The molecule has 0 radical (unpaired) electrons. The van der Waals surface area contributed by atoms with Crippen LogP contribution in [0.2, 0.25) is 5.02 Å². The molecule has 0 aliphatic heterocycles. The molecule has 0 spiro atoms. The van der Waals surface area contributed by atoms with Gasteiger partial charge in [0.15, 0.2) is 0 Å². The average Bonchev–Trinajstić information content (AvgIpc) is 2.46. The first-order valence-electron chi connectivity index (χ1n) is 6.53. The summed E-state index contributed by atoms with van der Waals surface area (Å²) >= 11 is 11.9. The van der Waals surface area contributed by atoms with E-state index in [2.05, 4.69) is 5.32 Å². The van der Waals surface area contributed by atoms with Crippen LogP contribution in [0, 0.1) is 0 Å². The second kappa shape index (κ2) is 7.41. The highest BCUT2D eigenvalue weighted by Crippen LogP contribution is 2.25. The minimum absolute atomic E-state index is 0.433. The van der Waals surface area contributed by atoms with Gasteiger partial charge in [-0.25, -0.2) is 0 Å². The van der Waals surface area contributed by atoms with E-state index in [1.165, 1.54) is 0 Å². The number of benzene rings is 2. The van der Waals surface area contributed by atoms with E-state index in [4.69, 9.17) is 27.9 Å². The molecular weight excluding hydrogens is 293 g/mol. The van der Waals surface area contributed by atoms with Gasteiger partial charge >= 0.3 is 0 Å². The maximum absolute atomic E-state index is 5.97. The van der Waals surface area contributed by atoms with Crippen molar-refractivity contribution in [1.29, 1.82) is 0 Å². The Labute approximate surface area is 129 Å². The van der Waals surface area contributed by atoms with Crippen LogP contribution in [0.15, 0.2) is 42.5 Å². The van der Waals surface area contributed by atoms with Gasteiger partial charge in [0, 0.05) is 22.8 Å². The Kier molecular flexibility index (Phi) is 5.57. The molecule has 2 nitrogen and oxygen atoms in total. The van der Waals surface area contributed by atoms with Crippen molar-refractivity contribution in [1.82, 2.24) is 0 Å². The summed E-state index contributed by atoms with van der Waals surface area (Å²) in [6.07, 6.45) is 0. The molecule has 0 aromatic heterocycles. The predicted molar refractivity (Wildman–Crippen MR) is 85.9 cm³/mol. The van der Waals surface area contributed by atoms with Crippen molar-refractivity contribution in [3.8, 4) is 5.75 Å². The lowest BCUT2D eigenvalue weighted by molar-refractivity contribution is 0.337. The van der Waals surface area contributed by atoms with E-state index in [0.717, 1.165) is 34.1 Å². The number of nitrogens with one attached hydrogen (secondary N) is 1. The fourth-order valence-corrected chi connectivity index (χ4v) is 2.36. The third-order valence-corrected chi connectivity index (χ3v) is 3.41. The van der Waals surface area contributed by atoms with Gasteiger partial charge in [0.1, 0.15) is 5.75 Å². The Morgan fingerprint density at radius 3 is 2.70 bits per heavy atom. The van der Waals surface area contributed by atoms with Gasteiger partial charge in [0.25, 0.3) is 0 Å². The highest BCUT2D eigenvalue weighted by atomic mass is 35.5. The Hall–Kier alpha value is -1.38. The quantitative estimate of drug-likeness (QED) is 0.750. The summed E-state index contributed by atoms with van der Waals surface area (Å²) < 4.78 is 5.53. The van der Waals surface area contributed by atoms with Gasteiger partial charge in [-0.1, -0.05) is 23.7 Å². The molecule has 4 heteroatoms. The van der Waals surface area contributed by atoms with Crippen LogP contribution in [0.1, 0.15) is 18.1 Å². The molecule has 2 rings (SSSR count). The molecule has 0 aliphatic carbocycles. The first-order valence-corrected chi connectivity index (χ1v) is 7.44. The third kappa shape index (κ3) is 4.06. The standard InChI is InChI=1S/C16H17Cl2NO/c1-2-20-16-7-6-15(9-13(16)10-17)19-11-12-4-3-5-14(18)8-12/h3-9,19H,2,10-11H2,1H3. The summed E-state index contributed by atoms with van der Waals surface area (Å²) in [5.41, 5.74) is 3.15. The molecule has 0 fully saturated rings. The topological polar surface area (TPSA) is 21.3 Å². The molecule has 2 aromatic carbocycles. The van der Waals surface area contributed by atoms with Gasteiger partial charge in [0.05, 0.1) is 12.5 Å². The first-order chi connectivity index (χ1) is 9.72.